The second-order valence-electron chi connectivity index (χ2n) is 5.25. The maximum atomic E-state index is 12.7. The molecule has 24 heavy (non-hydrogen) atoms. The second-order valence-corrected chi connectivity index (χ2v) is 6.92. The second kappa shape index (κ2) is 6.62. The molecule has 1 amide bonds. The molecule has 1 atom stereocenters. The van der Waals surface area contributed by atoms with Crippen molar-refractivity contribution in [2.24, 2.45) is 7.05 Å². The molecule has 1 aliphatic rings. The van der Waals surface area contributed by atoms with E-state index in [1.807, 2.05) is 29.9 Å². The average Bonchev–Trinajstić information content (AvgIpc) is 3.07. The molecule has 1 aromatic carbocycles. The van der Waals surface area contributed by atoms with E-state index in [9.17, 15) is 14.7 Å². The number of aromatic nitrogens is 1. The Morgan fingerprint density at radius 1 is 1.25 bits per heavy atom. The Bertz CT molecular complexity index is 843. The van der Waals surface area contributed by atoms with Crippen LogP contribution in [0.25, 0.3) is 6.08 Å². The van der Waals surface area contributed by atoms with Crippen molar-refractivity contribution in [1.82, 2.24) is 9.47 Å². The van der Waals surface area contributed by atoms with Crippen molar-refractivity contribution in [3.63, 3.8) is 0 Å². The summed E-state index contributed by atoms with van der Waals surface area (Å²) >= 11 is 6.40. The van der Waals surface area contributed by atoms with Crippen LogP contribution in [-0.4, -0.2) is 30.8 Å². The molecule has 122 valence electrons. The van der Waals surface area contributed by atoms with Crippen molar-refractivity contribution in [3.05, 3.63) is 64.8 Å². The fourth-order valence-electron chi connectivity index (χ4n) is 2.50. The number of carbonyl (C=O) groups is 2. The first-order chi connectivity index (χ1) is 11.5. The van der Waals surface area contributed by atoms with Gasteiger partial charge in [0.15, 0.2) is 6.04 Å². The van der Waals surface area contributed by atoms with Crippen LogP contribution in [-0.2, 0) is 16.6 Å². The fourth-order valence-corrected chi connectivity index (χ4v) is 3.80. The molecule has 0 spiro atoms. The van der Waals surface area contributed by atoms with Crippen LogP contribution in [0.5, 0.6) is 0 Å². The van der Waals surface area contributed by atoms with Gasteiger partial charge >= 0.3 is 5.97 Å². The van der Waals surface area contributed by atoms with E-state index < -0.39 is 12.0 Å². The molecule has 2 aromatic rings. The lowest BCUT2D eigenvalue weighted by atomic mass is 10.1. The molecule has 1 N–H and O–H groups in total. The lowest BCUT2D eigenvalue weighted by Crippen LogP contribution is -2.37. The van der Waals surface area contributed by atoms with Gasteiger partial charge in [-0.25, -0.2) is 4.79 Å². The summed E-state index contributed by atoms with van der Waals surface area (Å²) < 4.78 is 2.12. The molecule has 0 radical (unpaired) electrons. The van der Waals surface area contributed by atoms with Gasteiger partial charge in [-0.1, -0.05) is 54.3 Å². The van der Waals surface area contributed by atoms with Crippen LogP contribution in [0, 0.1) is 0 Å². The lowest BCUT2D eigenvalue weighted by molar-refractivity contribution is -0.145. The number of thioether (sulfide) groups is 1. The Morgan fingerprint density at radius 3 is 2.54 bits per heavy atom. The Hall–Kier alpha value is -2.38. The molecule has 3 rings (SSSR count). The van der Waals surface area contributed by atoms with Crippen molar-refractivity contribution < 1.29 is 14.7 Å². The molecule has 0 bridgehead atoms. The van der Waals surface area contributed by atoms with Gasteiger partial charge in [-0.15, -0.1) is 0 Å². The van der Waals surface area contributed by atoms with Crippen LogP contribution < -0.4 is 0 Å². The molecule has 2 heterocycles. The Labute approximate surface area is 148 Å². The van der Waals surface area contributed by atoms with E-state index in [0.29, 0.717) is 10.5 Å². The van der Waals surface area contributed by atoms with E-state index in [4.69, 9.17) is 12.2 Å². The maximum Gasteiger partial charge on any atom is 0.331 e. The van der Waals surface area contributed by atoms with Gasteiger partial charge in [0, 0.05) is 18.9 Å². The third-order valence-electron chi connectivity index (χ3n) is 3.69. The standard InChI is InChI=1S/C17H14N2O3S2/c1-18-9-5-8-12(18)10-13-15(20)19(17(23)24-13)14(16(21)22)11-6-3-2-4-7-11/h2-10,14H,1H3,(H,21,22)/b13-10+/t14-/m1/s1. The van der Waals surface area contributed by atoms with Gasteiger partial charge in [-0.05, 0) is 23.8 Å². The Balaban J connectivity index is 1.98. The summed E-state index contributed by atoms with van der Waals surface area (Å²) in [6.07, 6.45) is 3.60. The molecule has 0 saturated carbocycles. The minimum absolute atomic E-state index is 0.247. The van der Waals surface area contributed by atoms with Crippen molar-refractivity contribution >= 4 is 46.3 Å². The number of carboxylic acid groups (broad SMARTS) is 1. The zero-order valence-corrected chi connectivity index (χ0v) is 14.4. The molecule has 1 fully saturated rings. The summed E-state index contributed by atoms with van der Waals surface area (Å²) in [5, 5.41) is 9.62. The summed E-state index contributed by atoms with van der Waals surface area (Å²) in [6.45, 7) is 0. The molecule has 7 heteroatoms. The zero-order valence-electron chi connectivity index (χ0n) is 12.7. The van der Waals surface area contributed by atoms with E-state index in [1.165, 1.54) is 4.90 Å². The van der Waals surface area contributed by atoms with Gasteiger partial charge in [0.2, 0.25) is 0 Å². The third-order valence-corrected chi connectivity index (χ3v) is 5.02. The Kier molecular flexibility index (Phi) is 4.55. The third kappa shape index (κ3) is 3.00. The summed E-state index contributed by atoms with van der Waals surface area (Å²) in [4.78, 5) is 26.1. The van der Waals surface area contributed by atoms with Crippen LogP contribution in [0.4, 0.5) is 0 Å². The van der Waals surface area contributed by atoms with Crippen molar-refractivity contribution in [2.45, 2.75) is 6.04 Å². The smallest absolute Gasteiger partial charge is 0.331 e. The van der Waals surface area contributed by atoms with E-state index in [1.54, 1.807) is 36.4 Å². The summed E-state index contributed by atoms with van der Waals surface area (Å²) in [6, 6.07) is 11.2. The quantitative estimate of drug-likeness (QED) is 0.672. The number of amides is 1. The van der Waals surface area contributed by atoms with Gasteiger partial charge in [-0.2, -0.15) is 0 Å². The first-order valence-electron chi connectivity index (χ1n) is 7.15. The number of hydrogen-bond donors (Lipinski definition) is 1. The lowest BCUT2D eigenvalue weighted by Gasteiger charge is -2.23. The van der Waals surface area contributed by atoms with Crippen molar-refractivity contribution in [3.8, 4) is 0 Å². The maximum absolute atomic E-state index is 12.7. The minimum Gasteiger partial charge on any atom is -0.479 e. The van der Waals surface area contributed by atoms with Crippen LogP contribution in [0.2, 0.25) is 0 Å². The molecular weight excluding hydrogens is 344 g/mol. The highest BCUT2D eigenvalue weighted by Gasteiger charge is 2.41. The molecular formula is C17H14N2O3S2. The predicted octanol–water partition coefficient (Wildman–Crippen LogP) is 3.05. The number of aliphatic carboxylic acids is 1. The molecule has 1 aromatic heterocycles. The number of rotatable bonds is 4. The average molecular weight is 358 g/mol. The summed E-state index contributed by atoms with van der Waals surface area (Å²) in [5.74, 6) is -1.50. The van der Waals surface area contributed by atoms with E-state index in [2.05, 4.69) is 0 Å². The number of carboxylic acids is 1. The minimum atomic E-state index is -1.13. The van der Waals surface area contributed by atoms with Gasteiger partial charge in [0.25, 0.3) is 5.91 Å². The first-order valence-corrected chi connectivity index (χ1v) is 8.37. The number of nitrogens with zero attached hydrogens (tertiary/aromatic N) is 2. The highest BCUT2D eigenvalue weighted by Crippen LogP contribution is 2.38. The summed E-state index contributed by atoms with van der Waals surface area (Å²) in [5.41, 5.74) is 1.36. The van der Waals surface area contributed by atoms with Gasteiger partial charge in [-0.3, -0.25) is 9.69 Å². The predicted molar refractivity (Wildman–Crippen MR) is 97.2 cm³/mol. The molecule has 5 nitrogen and oxygen atoms in total. The monoisotopic (exact) mass is 358 g/mol. The highest BCUT2D eigenvalue weighted by atomic mass is 32.2. The van der Waals surface area contributed by atoms with Crippen LogP contribution in [0.1, 0.15) is 17.3 Å². The van der Waals surface area contributed by atoms with Gasteiger partial charge in [0.05, 0.1) is 4.91 Å². The van der Waals surface area contributed by atoms with E-state index >= 15 is 0 Å². The fraction of sp³-hybridized carbons (Fsp3) is 0.118. The van der Waals surface area contributed by atoms with E-state index in [-0.39, 0.29) is 10.2 Å². The summed E-state index contributed by atoms with van der Waals surface area (Å²) in [7, 11) is 1.87. The normalized spacial score (nSPS) is 17.5. The van der Waals surface area contributed by atoms with Crippen LogP contribution in [0.3, 0.4) is 0 Å². The van der Waals surface area contributed by atoms with Gasteiger partial charge < -0.3 is 9.67 Å². The van der Waals surface area contributed by atoms with Crippen molar-refractivity contribution in [2.75, 3.05) is 0 Å². The molecule has 1 aliphatic heterocycles. The molecule has 1 saturated heterocycles. The number of thiocarbonyl (C=S) groups is 1. The Morgan fingerprint density at radius 2 is 1.96 bits per heavy atom. The SMILES string of the molecule is Cn1cccc1/C=C1/SC(=S)N([C@@H](C(=O)O)c2ccccc2)C1=O. The number of hydrogen-bond acceptors (Lipinski definition) is 4. The number of aryl methyl sites for hydroxylation is 1. The topological polar surface area (TPSA) is 62.5 Å². The van der Waals surface area contributed by atoms with Gasteiger partial charge in [0.1, 0.15) is 4.32 Å². The number of benzene rings is 1. The van der Waals surface area contributed by atoms with Crippen LogP contribution >= 0.6 is 24.0 Å². The van der Waals surface area contributed by atoms with Crippen molar-refractivity contribution in [1.29, 1.82) is 0 Å². The number of carbonyl (C=O) groups excluding carboxylic acids is 1. The highest BCUT2D eigenvalue weighted by molar-refractivity contribution is 8.26. The van der Waals surface area contributed by atoms with E-state index in [0.717, 1.165) is 17.5 Å². The van der Waals surface area contributed by atoms with Crippen LogP contribution in [0.15, 0.2) is 53.6 Å². The largest absolute Gasteiger partial charge is 0.479 e. The zero-order chi connectivity index (χ0) is 17.3. The molecule has 0 aliphatic carbocycles. The molecule has 0 unspecified atom stereocenters. The first kappa shape index (κ1) is 16.5.